The number of nitrogens with one attached hydrogen (secondary N) is 1. The van der Waals surface area contributed by atoms with Crippen molar-refractivity contribution in [3.63, 3.8) is 0 Å². The number of rotatable bonds is 7. The van der Waals surface area contributed by atoms with Gasteiger partial charge >= 0.3 is 0 Å². The number of carbonyl (C=O) groups excluding carboxylic acids is 1. The van der Waals surface area contributed by atoms with E-state index in [1.807, 2.05) is 0 Å². The topological polar surface area (TPSA) is 67.6 Å². The van der Waals surface area contributed by atoms with E-state index in [0.717, 1.165) is 23.2 Å². The Balaban J connectivity index is 2.83. The average Bonchev–Trinajstić information content (AvgIpc) is 2.48. The third-order valence-electron chi connectivity index (χ3n) is 3.27. The molecule has 0 fully saturated rings. The van der Waals surface area contributed by atoms with Crippen LogP contribution in [0.2, 0.25) is 0 Å². The highest BCUT2D eigenvalue weighted by molar-refractivity contribution is 14.1. The number of nitrogen functional groups attached to an aromatic ring is 1. The Kier molecular flexibility index (Phi) is 7.75. The predicted molar refractivity (Wildman–Crippen MR) is 97.9 cm³/mol. The Morgan fingerprint density at radius 2 is 2.10 bits per heavy atom. The zero-order valence-corrected chi connectivity index (χ0v) is 16.2. The number of nitrogens with zero attached hydrogens (tertiary/aromatic N) is 1. The van der Waals surface area contributed by atoms with E-state index >= 15 is 0 Å². The van der Waals surface area contributed by atoms with Crippen molar-refractivity contribution in [3.05, 3.63) is 19.7 Å². The quantitative estimate of drug-likeness (QED) is 0.472. The van der Waals surface area contributed by atoms with Crippen molar-refractivity contribution in [2.45, 2.75) is 13.8 Å². The van der Waals surface area contributed by atoms with Crippen LogP contribution in [-0.4, -0.2) is 44.1 Å². The van der Waals surface area contributed by atoms with E-state index in [2.05, 4.69) is 62.6 Å². The minimum atomic E-state index is -0.155. The van der Waals surface area contributed by atoms with Crippen molar-refractivity contribution in [2.75, 3.05) is 39.0 Å². The van der Waals surface area contributed by atoms with E-state index in [4.69, 9.17) is 10.5 Å². The van der Waals surface area contributed by atoms with Gasteiger partial charge in [0.1, 0.15) is 5.75 Å². The van der Waals surface area contributed by atoms with Gasteiger partial charge in [-0.15, -0.1) is 0 Å². The van der Waals surface area contributed by atoms with E-state index in [1.165, 1.54) is 7.11 Å². The summed E-state index contributed by atoms with van der Waals surface area (Å²) in [5.74, 6) is 0.356. The summed E-state index contributed by atoms with van der Waals surface area (Å²) in [6, 6.07) is 1.70. The van der Waals surface area contributed by atoms with Gasteiger partial charge in [-0.05, 0) is 57.7 Å². The maximum absolute atomic E-state index is 12.3. The van der Waals surface area contributed by atoms with Gasteiger partial charge in [-0.3, -0.25) is 4.79 Å². The number of anilines is 1. The van der Waals surface area contributed by atoms with Gasteiger partial charge in [0.25, 0.3) is 5.91 Å². The Morgan fingerprint density at radius 3 is 2.62 bits per heavy atom. The fourth-order valence-corrected chi connectivity index (χ4v) is 3.55. The molecule has 0 saturated heterocycles. The molecule has 0 saturated carbocycles. The third kappa shape index (κ3) is 4.72. The molecule has 0 aromatic heterocycles. The summed E-state index contributed by atoms with van der Waals surface area (Å²) in [5.41, 5.74) is 6.99. The SMILES string of the molecule is CCN(CC)CCNC(=O)c1cc(Br)c(N)c([131I])c1OC. The fraction of sp³-hybridized carbons (Fsp3) is 0.500. The summed E-state index contributed by atoms with van der Waals surface area (Å²) >= 11 is 5.45. The van der Waals surface area contributed by atoms with Crippen LogP contribution in [-0.2, 0) is 0 Å². The highest BCUT2D eigenvalue weighted by Gasteiger charge is 2.19. The molecule has 7 heteroatoms. The maximum Gasteiger partial charge on any atom is 0.255 e. The average molecular weight is 474 g/mol. The fourth-order valence-electron chi connectivity index (χ4n) is 1.95. The Labute approximate surface area is 147 Å². The molecule has 1 rings (SSSR count). The van der Waals surface area contributed by atoms with Crippen LogP contribution in [0, 0.1) is 3.57 Å². The molecule has 1 aromatic carbocycles. The summed E-state index contributed by atoms with van der Waals surface area (Å²) in [5, 5.41) is 2.92. The number of benzene rings is 1. The number of methoxy groups -OCH3 is 1. The second-order valence-electron chi connectivity index (χ2n) is 4.45. The molecule has 0 unspecified atom stereocenters. The number of halogens is 2. The Morgan fingerprint density at radius 1 is 1.48 bits per heavy atom. The molecule has 0 aliphatic rings. The number of carbonyl (C=O) groups is 1. The molecule has 1 amide bonds. The summed E-state index contributed by atoms with van der Waals surface area (Å²) in [7, 11) is 1.54. The molecule has 5 nitrogen and oxygen atoms in total. The molecule has 0 atom stereocenters. The number of ether oxygens (including phenoxy) is 1. The highest BCUT2D eigenvalue weighted by Crippen LogP contribution is 2.35. The molecular weight excluding hydrogens is 453 g/mol. The molecule has 0 radical (unpaired) electrons. The molecule has 0 aliphatic carbocycles. The maximum atomic E-state index is 12.3. The lowest BCUT2D eigenvalue weighted by molar-refractivity contribution is 0.0945. The molecule has 21 heavy (non-hydrogen) atoms. The van der Waals surface area contributed by atoms with Crippen LogP contribution in [0.1, 0.15) is 24.2 Å². The van der Waals surface area contributed by atoms with Gasteiger partial charge < -0.3 is 20.7 Å². The van der Waals surface area contributed by atoms with E-state index in [-0.39, 0.29) is 5.91 Å². The Bertz CT molecular complexity index is 507. The van der Waals surface area contributed by atoms with Gasteiger partial charge in [-0.1, -0.05) is 13.8 Å². The van der Waals surface area contributed by atoms with Crippen molar-refractivity contribution < 1.29 is 9.53 Å². The molecule has 0 bridgehead atoms. The molecular formula is C14H21BrIN3O2. The zero-order chi connectivity index (χ0) is 16.0. The zero-order valence-electron chi connectivity index (χ0n) is 12.5. The summed E-state index contributed by atoms with van der Waals surface area (Å²) in [6.45, 7) is 7.58. The van der Waals surface area contributed by atoms with Gasteiger partial charge in [-0.25, -0.2) is 0 Å². The summed E-state index contributed by atoms with van der Waals surface area (Å²) < 4.78 is 6.75. The lowest BCUT2D eigenvalue weighted by atomic mass is 10.1. The van der Waals surface area contributed by atoms with Crippen LogP contribution in [0.15, 0.2) is 10.5 Å². The van der Waals surface area contributed by atoms with Crippen LogP contribution < -0.4 is 15.8 Å². The minimum Gasteiger partial charge on any atom is -0.495 e. The molecule has 118 valence electrons. The van der Waals surface area contributed by atoms with Crippen molar-refractivity contribution in [2.24, 2.45) is 0 Å². The first-order chi connectivity index (χ1) is 9.96. The Hall–Kier alpha value is -0.540. The first-order valence-electron chi connectivity index (χ1n) is 6.78. The largest absolute Gasteiger partial charge is 0.495 e. The van der Waals surface area contributed by atoms with Crippen molar-refractivity contribution in [3.8, 4) is 5.75 Å². The second-order valence-corrected chi connectivity index (χ2v) is 6.38. The molecule has 0 aliphatic heterocycles. The smallest absolute Gasteiger partial charge is 0.255 e. The van der Waals surface area contributed by atoms with E-state index in [1.54, 1.807) is 6.07 Å². The summed E-state index contributed by atoms with van der Waals surface area (Å²) in [6.07, 6.45) is 0. The number of amides is 1. The van der Waals surface area contributed by atoms with Gasteiger partial charge in [0, 0.05) is 17.6 Å². The standard InChI is InChI=1S/C14H21BrIN3O2/c1-4-19(5-2)7-6-18-14(20)9-8-10(15)12(17)11(16)13(9)21-3/h8H,4-7,17H2,1-3H3,(H,18,20)/i16+4. The number of hydrogen-bond donors (Lipinski definition) is 2. The van der Waals surface area contributed by atoms with Crippen LogP contribution in [0.25, 0.3) is 0 Å². The van der Waals surface area contributed by atoms with Crippen LogP contribution >= 0.6 is 38.5 Å². The van der Waals surface area contributed by atoms with Crippen molar-refractivity contribution in [1.29, 1.82) is 0 Å². The van der Waals surface area contributed by atoms with Gasteiger partial charge in [0.05, 0.1) is 21.9 Å². The summed E-state index contributed by atoms with van der Waals surface area (Å²) in [4.78, 5) is 14.6. The molecule has 0 spiro atoms. The van der Waals surface area contributed by atoms with Gasteiger partial charge in [0.15, 0.2) is 0 Å². The number of likely N-dealkylation sites (N-methyl/N-ethyl adjacent to an activating group) is 1. The monoisotopic (exact) mass is 473 g/mol. The lowest BCUT2D eigenvalue weighted by Gasteiger charge is -2.18. The van der Waals surface area contributed by atoms with E-state index < -0.39 is 0 Å². The van der Waals surface area contributed by atoms with E-state index in [0.29, 0.717) is 28.0 Å². The lowest BCUT2D eigenvalue weighted by Crippen LogP contribution is -2.35. The van der Waals surface area contributed by atoms with Gasteiger partial charge in [-0.2, -0.15) is 0 Å². The minimum absolute atomic E-state index is 0.155. The van der Waals surface area contributed by atoms with Crippen molar-refractivity contribution >= 4 is 50.1 Å². The second kappa shape index (κ2) is 8.79. The van der Waals surface area contributed by atoms with Crippen LogP contribution in [0.5, 0.6) is 5.75 Å². The predicted octanol–water partition coefficient (Wildman–Crippen LogP) is 2.72. The normalized spacial score (nSPS) is 10.8. The van der Waals surface area contributed by atoms with E-state index in [9.17, 15) is 4.79 Å². The van der Waals surface area contributed by atoms with Crippen LogP contribution in [0.3, 0.4) is 0 Å². The first-order valence-corrected chi connectivity index (χ1v) is 8.65. The van der Waals surface area contributed by atoms with Gasteiger partial charge in [0.2, 0.25) is 0 Å². The number of nitrogens with two attached hydrogens (primary N) is 1. The van der Waals surface area contributed by atoms with Crippen molar-refractivity contribution in [1.82, 2.24) is 10.2 Å². The first kappa shape index (κ1) is 18.5. The third-order valence-corrected chi connectivity index (χ3v) is 4.99. The highest BCUT2D eigenvalue weighted by atomic mass is 131. The molecule has 3 N–H and O–H groups in total. The van der Waals surface area contributed by atoms with Crippen LogP contribution in [0.4, 0.5) is 5.69 Å². The number of hydrogen-bond acceptors (Lipinski definition) is 4. The molecule has 0 heterocycles. The molecule has 1 aromatic rings.